The second-order valence-corrected chi connectivity index (χ2v) is 8.54. The third-order valence-electron chi connectivity index (χ3n) is 5.89. The first-order chi connectivity index (χ1) is 18.0. The maximum Gasteiger partial charge on any atom is 0.323 e. The largest absolute Gasteiger partial charge is 0.457 e. The van der Waals surface area contributed by atoms with Gasteiger partial charge in [-0.25, -0.2) is 4.79 Å². The van der Waals surface area contributed by atoms with Crippen LogP contribution in [-0.2, 0) is 9.47 Å². The lowest BCUT2D eigenvalue weighted by Gasteiger charge is -2.27. The van der Waals surface area contributed by atoms with Gasteiger partial charge in [0.15, 0.2) is 5.82 Å². The van der Waals surface area contributed by atoms with E-state index in [2.05, 4.69) is 25.6 Å². The fraction of sp³-hybridized carbons (Fsp3) is 0.320. The number of carbonyl (C=O) groups excluding carboxylic acids is 2. The number of hydrogen-bond donors (Lipinski definition) is 3. The van der Waals surface area contributed by atoms with Crippen molar-refractivity contribution in [3.63, 3.8) is 0 Å². The molecule has 192 valence electrons. The standard InChI is InChI=1S/C25H27N7O5/c26-21(33)16-1-5-18(6-2-16)27-24(34)28-19-7-3-17(4-8-19)22-29-23(32-10-13-35-14-11-32)31-25(30-22)37-20-9-12-36-15-20/h1-8,20H,9-15H2,(H2,26,33)(H2,27,28,34). The molecular formula is C25H27N7O5. The molecule has 2 aromatic carbocycles. The highest BCUT2D eigenvalue weighted by atomic mass is 16.6. The zero-order chi connectivity index (χ0) is 25.6. The Hall–Kier alpha value is -4.29. The third-order valence-corrected chi connectivity index (χ3v) is 5.89. The Balaban J connectivity index is 1.29. The number of amides is 3. The Labute approximate surface area is 213 Å². The molecule has 0 aliphatic carbocycles. The van der Waals surface area contributed by atoms with Crippen molar-refractivity contribution in [3.8, 4) is 17.4 Å². The number of ether oxygens (including phenoxy) is 3. The molecule has 0 bridgehead atoms. The van der Waals surface area contributed by atoms with Gasteiger partial charge in [-0.3, -0.25) is 4.79 Å². The van der Waals surface area contributed by atoms with Crippen LogP contribution in [0.2, 0.25) is 0 Å². The molecule has 0 saturated carbocycles. The molecule has 2 fully saturated rings. The lowest BCUT2D eigenvalue weighted by molar-refractivity contribution is 0.1000. The zero-order valence-corrected chi connectivity index (χ0v) is 20.1. The van der Waals surface area contributed by atoms with Gasteiger partial charge in [-0.2, -0.15) is 15.0 Å². The summed E-state index contributed by atoms with van der Waals surface area (Å²) in [5, 5.41) is 5.48. The molecule has 0 radical (unpaired) electrons. The van der Waals surface area contributed by atoms with E-state index in [0.717, 1.165) is 12.0 Å². The Bertz CT molecular complexity index is 1240. The second kappa shape index (κ2) is 11.2. The van der Waals surface area contributed by atoms with Crippen LogP contribution in [0, 0.1) is 0 Å². The van der Waals surface area contributed by atoms with E-state index < -0.39 is 11.9 Å². The van der Waals surface area contributed by atoms with Crippen LogP contribution in [0.25, 0.3) is 11.4 Å². The summed E-state index contributed by atoms with van der Waals surface area (Å²) in [7, 11) is 0. The Morgan fingerprint density at radius 2 is 1.57 bits per heavy atom. The lowest BCUT2D eigenvalue weighted by atomic mass is 10.2. The first kappa shape index (κ1) is 24.4. The normalized spacial score (nSPS) is 17.3. The first-order valence-electron chi connectivity index (χ1n) is 11.9. The van der Waals surface area contributed by atoms with E-state index >= 15 is 0 Å². The number of nitrogens with one attached hydrogen (secondary N) is 2. The van der Waals surface area contributed by atoms with Gasteiger partial charge in [0.2, 0.25) is 11.9 Å². The van der Waals surface area contributed by atoms with Gasteiger partial charge >= 0.3 is 12.0 Å². The van der Waals surface area contributed by atoms with Gasteiger partial charge in [-0.05, 0) is 48.5 Å². The van der Waals surface area contributed by atoms with Crippen molar-refractivity contribution in [1.29, 1.82) is 0 Å². The molecule has 0 spiro atoms. The van der Waals surface area contributed by atoms with Crippen LogP contribution in [0.1, 0.15) is 16.8 Å². The van der Waals surface area contributed by atoms with Crippen LogP contribution < -0.4 is 26.0 Å². The average Bonchev–Trinajstić information content (AvgIpc) is 3.43. The molecule has 1 unspecified atom stereocenters. The second-order valence-electron chi connectivity index (χ2n) is 8.54. The summed E-state index contributed by atoms with van der Waals surface area (Å²) in [5.74, 6) is 0.472. The monoisotopic (exact) mass is 505 g/mol. The SMILES string of the molecule is NC(=O)c1ccc(NC(=O)Nc2ccc(-c3nc(OC4CCOC4)nc(N4CCOCC4)n3)cc2)cc1. The summed E-state index contributed by atoms with van der Waals surface area (Å²) in [6.45, 7) is 3.72. The van der Waals surface area contributed by atoms with Crippen molar-refractivity contribution >= 4 is 29.3 Å². The molecule has 12 nitrogen and oxygen atoms in total. The van der Waals surface area contributed by atoms with Gasteiger partial charge in [0.05, 0.1) is 26.4 Å². The molecule has 3 amide bonds. The highest BCUT2D eigenvalue weighted by molar-refractivity contribution is 6.00. The van der Waals surface area contributed by atoms with Crippen LogP contribution in [0.3, 0.4) is 0 Å². The summed E-state index contributed by atoms with van der Waals surface area (Å²) < 4.78 is 16.8. The number of anilines is 3. The maximum atomic E-state index is 12.4. The predicted molar refractivity (Wildman–Crippen MR) is 136 cm³/mol. The van der Waals surface area contributed by atoms with Crippen molar-refractivity contribution in [2.24, 2.45) is 5.73 Å². The molecule has 4 N–H and O–H groups in total. The minimum atomic E-state index is -0.530. The third kappa shape index (κ3) is 6.29. The van der Waals surface area contributed by atoms with Gasteiger partial charge in [0.25, 0.3) is 0 Å². The number of rotatable bonds is 7. The van der Waals surface area contributed by atoms with Gasteiger partial charge in [-0.15, -0.1) is 0 Å². The van der Waals surface area contributed by atoms with Crippen molar-refractivity contribution < 1.29 is 23.8 Å². The number of aromatic nitrogens is 3. The summed E-state index contributed by atoms with van der Waals surface area (Å²) in [6, 6.07) is 13.3. The van der Waals surface area contributed by atoms with Crippen molar-refractivity contribution in [1.82, 2.24) is 15.0 Å². The predicted octanol–water partition coefficient (Wildman–Crippen LogP) is 2.29. The molecular weight excluding hydrogens is 478 g/mol. The van der Waals surface area contributed by atoms with E-state index in [1.54, 1.807) is 36.4 Å². The van der Waals surface area contributed by atoms with Gasteiger partial charge in [0, 0.05) is 42.0 Å². The molecule has 2 aliphatic rings. The number of nitrogens with two attached hydrogens (primary N) is 1. The average molecular weight is 506 g/mol. The van der Waals surface area contributed by atoms with Crippen LogP contribution in [-0.4, -0.2) is 72.5 Å². The van der Waals surface area contributed by atoms with Crippen LogP contribution in [0.5, 0.6) is 6.01 Å². The molecule has 3 aromatic rings. The number of morpholine rings is 1. The number of urea groups is 1. The number of hydrogen-bond acceptors (Lipinski definition) is 9. The minimum Gasteiger partial charge on any atom is -0.457 e. The lowest BCUT2D eigenvalue weighted by Crippen LogP contribution is -2.37. The summed E-state index contributed by atoms with van der Waals surface area (Å²) in [6.07, 6.45) is 0.691. The molecule has 5 rings (SSSR count). The van der Waals surface area contributed by atoms with Gasteiger partial charge in [-0.1, -0.05) is 0 Å². The van der Waals surface area contributed by atoms with Crippen LogP contribution >= 0.6 is 0 Å². The van der Waals surface area contributed by atoms with E-state index in [1.807, 2.05) is 17.0 Å². The molecule has 3 heterocycles. The number of nitrogens with zero attached hydrogens (tertiary/aromatic N) is 4. The number of carbonyl (C=O) groups is 2. The highest BCUT2D eigenvalue weighted by Gasteiger charge is 2.22. The molecule has 2 saturated heterocycles. The van der Waals surface area contributed by atoms with E-state index in [1.165, 1.54) is 0 Å². The van der Waals surface area contributed by atoms with Crippen LogP contribution in [0.15, 0.2) is 48.5 Å². The summed E-state index contributed by atoms with van der Waals surface area (Å²) in [5.41, 5.74) is 7.46. The molecule has 12 heteroatoms. The Kier molecular flexibility index (Phi) is 7.38. The van der Waals surface area contributed by atoms with E-state index in [9.17, 15) is 9.59 Å². The van der Waals surface area contributed by atoms with Crippen molar-refractivity contribution in [2.75, 3.05) is 55.1 Å². The summed E-state index contributed by atoms with van der Waals surface area (Å²) in [4.78, 5) is 39.4. The quantitative estimate of drug-likeness (QED) is 0.439. The maximum absolute atomic E-state index is 12.4. The van der Waals surface area contributed by atoms with E-state index in [0.29, 0.717) is 68.2 Å². The Morgan fingerprint density at radius 3 is 2.19 bits per heavy atom. The first-order valence-corrected chi connectivity index (χ1v) is 11.9. The minimum absolute atomic E-state index is 0.0927. The molecule has 1 atom stereocenters. The van der Waals surface area contributed by atoms with Crippen molar-refractivity contribution in [3.05, 3.63) is 54.1 Å². The summed E-state index contributed by atoms with van der Waals surface area (Å²) >= 11 is 0. The molecule has 2 aliphatic heterocycles. The molecule has 1 aromatic heterocycles. The zero-order valence-electron chi connectivity index (χ0n) is 20.1. The Morgan fingerprint density at radius 1 is 0.892 bits per heavy atom. The fourth-order valence-corrected chi connectivity index (χ4v) is 3.90. The topological polar surface area (TPSA) is 154 Å². The van der Waals surface area contributed by atoms with E-state index in [4.69, 9.17) is 19.9 Å². The highest BCUT2D eigenvalue weighted by Crippen LogP contribution is 2.24. The number of benzene rings is 2. The van der Waals surface area contributed by atoms with Gasteiger partial charge < -0.3 is 35.5 Å². The number of primary amides is 1. The fourth-order valence-electron chi connectivity index (χ4n) is 3.90. The van der Waals surface area contributed by atoms with Crippen LogP contribution in [0.4, 0.5) is 22.1 Å². The molecule has 37 heavy (non-hydrogen) atoms. The smallest absolute Gasteiger partial charge is 0.323 e. The van der Waals surface area contributed by atoms with E-state index in [-0.39, 0.29) is 12.1 Å². The van der Waals surface area contributed by atoms with Crippen molar-refractivity contribution in [2.45, 2.75) is 12.5 Å². The van der Waals surface area contributed by atoms with Gasteiger partial charge in [0.1, 0.15) is 6.10 Å².